The van der Waals surface area contributed by atoms with Crippen LogP contribution in [0.4, 0.5) is 5.69 Å². The van der Waals surface area contributed by atoms with Crippen molar-refractivity contribution >= 4 is 23.4 Å². The fraction of sp³-hybridized carbons (Fsp3) is 0.160. The highest BCUT2D eigenvalue weighted by atomic mass is 32.2. The number of nitrogens with one attached hydrogen (secondary N) is 2. The molecule has 34 heavy (non-hydrogen) atoms. The minimum atomic E-state index is -0.494. The normalized spacial score (nSPS) is 16.7. The van der Waals surface area contributed by atoms with Gasteiger partial charge in [-0.1, -0.05) is 72.4 Å². The molecule has 3 aromatic carbocycles. The molecule has 2 heterocycles. The number of hydrogen-bond donors (Lipinski definition) is 2. The number of nitrogens with zero attached hydrogens (tertiary/aromatic N) is 3. The molecule has 1 aliphatic heterocycles. The summed E-state index contributed by atoms with van der Waals surface area (Å²) in [5.74, 6) is 1.81. The molecule has 172 valence electrons. The van der Waals surface area contributed by atoms with Crippen molar-refractivity contribution in [3.63, 3.8) is 0 Å². The molecule has 4 aromatic rings. The van der Waals surface area contributed by atoms with Gasteiger partial charge in [-0.2, -0.15) is 0 Å². The average molecular weight is 474 g/mol. The van der Waals surface area contributed by atoms with Crippen molar-refractivity contribution in [2.45, 2.75) is 23.1 Å². The number of amides is 1. The molecule has 2 N–H and O–H groups in total. The summed E-state index contributed by atoms with van der Waals surface area (Å²) in [6.07, 6.45) is 0. The molecule has 5 rings (SSSR count). The fourth-order valence-corrected chi connectivity index (χ4v) is 4.82. The molecular weight excluding hydrogens is 450 g/mol. The Balaban J connectivity index is 1.41. The molecular formula is C25H23N5O3S. The van der Waals surface area contributed by atoms with Crippen LogP contribution >= 0.6 is 11.8 Å². The highest BCUT2D eigenvalue weighted by Gasteiger charge is 2.38. The van der Waals surface area contributed by atoms with E-state index in [0.29, 0.717) is 22.4 Å². The van der Waals surface area contributed by atoms with Gasteiger partial charge < -0.3 is 20.2 Å². The van der Waals surface area contributed by atoms with E-state index in [1.165, 1.54) is 11.8 Å². The lowest BCUT2D eigenvalue weighted by atomic mass is 10.0. The first-order chi connectivity index (χ1) is 16.7. The number of hydrogen-bond acceptors (Lipinski definition) is 7. The molecule has 1 aliphatic rings. The predicted molar refractivity (Wildman–Crippen MR) is 131 cm³/mol. The summed E-state index contributed by atoms with van der Waals surface area (Å²) in [5, 5.41) is 11.7. The number of para-hydroxylation sites is 3. The Kier molecular flexibility index (Phi) is 6.35. The van der Waals surface area contributed by atoms with E-state index >= 15 is 0 Å². The van der Waals surface area contributed by atoms with Gasteiger partial charge in [-0.15, -0.1) is 10.2 Å². The van der Waals surface area contributed by atoms with E-state index in [1.54, 1.807) is 11.8 Å². The van der Waals surface area contributed by atoms with Crippen LogP contribution in [0.15, 0.2) is 90.1 Å². The maximum atomic E-state index is 13.4. The Labute approximate surface area is 201 Å². The molecule has 0 spiro atoms. The number of rotatable bonds is 7. The molecule has 2 atom stereocenters. The van der Waals surface area contributed by atoms with E-state index < -0.39 is 5.25 Å². The van der Waals surface area contributed by atoms with Gasteiger partial charge in [0, 0.05) is 0 Å². The second-order valence-corrected chi connectivity index (χ2v) is 8.69. The van der Waals surface area contributed by atoms with Crippen LogP contribution in [0.3, 0.4) is 0 Å². The van der Waals surface area contributed by atoms with Crippen LogP contribution in [0.25, 0.3) is 0 Å². The molecule has 0 fully saturated rings. The smallest absolute Gasteiger partial charge is 0.240 e. The number of anilines is 1. The quantitative estimate of drug-likeness (QED) is 0.414. The number of ether oxygens (including phenoxy) is 2. The van der Waals surface area contributed by atoms with Crippen LogP contribution in [0.2, 0.25) is 0 Å². The summed E-state index contributed by atoms with van der Waals surface area (Å²) in [6.45, 7) is 0.240. The molecule has 0 aliphatic carbocycles. The Morgan fingerprint density at radius 3 is 2.47 bits per heavy atom. The third-order valence-electron chi connectivity index (χ3n) is 5.40. The topological polar surface area (TPSA) is 90.3 Å². The molecule has 0 saturated carbocycles. The summed E-state index contributed by atoms with van der Waals surface area (Å²) in [7, 11) is 1.58. The summed E-state index contributed by atoms with van der Waals surface area (Å²) in [6, 6.07) is 26.4. The van der Waals surface area contributed by atoms with E-state index in [9.17, 15) is 4.79 Å². The van der Waals surface area contributed by atoms with Gasteiger partial charge in [0.1, 0.15) is 23.4 Å². The monoisotopic (exact) mass is 473 g/mol. The van der Waals surface area contributed by atoms with Crippen molar-refractivity contribution in [3.8, 4) is 11.5 Å². The summed E-state index contributed by atoms with van der Waals surface area (Å²) in [5.41, 5.74) is 5.04. The minimum Gasteiger partial charge on any atom is -0.495 e. The number of carbonyl (C=O) groups excluding carboxylic acids is 1. The van der Waals surface area contributed by atoms with Gasteiger partial charge in [0.05, 0.1) is 18.8 Å². The van der Waals surface area contributed by atoms with Crippen LogP contribution in [0.5, 0.6) is 11.5 Å². The first-order valence-corrected chi connectivity index (χ1v) is 11.6. The molecule has 8 nitrogen and oxygen atoms in total. The molecule has 0 radical (unpaired) electrons. The largest absolute Gasteiger partial charge is 0.495 e. The van der Waals surface area contributed by atoms with Gasteiger partial charge in [0.25, 0.3) is 0 Å². The van der Waals surface area contributed by atoms with Crippen molar-refractivity contribution in [2.24, 2.45) is 0 Å². The maximum Gasteiger partial charge on any atom is 0.240 e. The van der Waals surface area contributed by atoms with Gasteiger partial charge >= 0.3 is 0 Å². The second kappa shape index (κ2) is 9.88. The number of carbonyl (C=O) groups is 1. The first kappa shape index (κ1) is 21.8. The van der Waals surface area contributed by atoms with E-state index in [-0.39, 0.29) is 18.6 Å². The van der Waals surface area contributed by atoms with E-state index in [0.717, 1.165) is 11.3 Å². The number of thioether (sulfide) groups is 1. The van der Waals surface area contributed by atoms with E-state index in [4.69, 9.17) is 9.47 Å². The molecule has 9 heteroatoms. The Hall–Kier alpha value is -3.98. The van der Waals surface area contributed by atoms with Gasteiger partial charge in [-0.3, -0.25) is 4.79 Å². The second-order valence-electron chi connectivity index (χ2n) is 7.58. The van der Waals surface area contributed by atoms with Gasteiger partial charge in [-0.05, 0) is 29.8 Å². The molecule has 0 unspecified atom stereocenters. The van der Waals surface area contributed by atoms with Crippen LogP contribution in [0.1, 0.15) is 17.4 Å². The molecule has 0 saturated heterocycles. The lowest BCUT2D eigenvalue weighted by Crippen LogP contribution is -2.41. The Bertz CT molecular complexity index is 1270. The number of fused-ring (bicyclic) bond motifs is 1. The van der Waals surface area contributed by atoms with E-state index in [1.807, 2.05) is 84.9 Å². The van der Waals surface area contributed by atoms with Crippen LogP contribution in [-0.4, -0.2) is 33.1 Å². The predicted octanol–water partition coefficient (Wildman–Crippen LogP) is 4.26. The zero-order valence-corrected chi connectivity index (χ0v) is 19.2. The Morgan fingerprint density at radius 1 is 1.00 bits per heavy atom. The third-order valence-corrected chi connectivity index (χ3v) is 6.61. The van der Waals surface area contributed by atoms with Crippen molar-refractivity contribution < 1.29 is 14.3 Å². The van der Waals surface area contributed by atoms with Crippen molar-refractivity contribution in [3.05, 3.63) is 96.3 Å². The van der Waals surface area contributed by atoms with Gasteiger partial charge in [-0.25, -0.2) is 4.68 Å². The number of aromatic nitrogens is 3. The van der Waals surface area contributed by atoms with Crippen molar-refractivity contribution in [2.75, 3.05) is 17.9 Å². The SMILES string of the molecule is COc1ccccc1NC(=O)[C@H]1Sc2nnc(COc3ccccc3)n2N[C@@H]1c1ccccc1. The lowest BCUT2D eigenvalue weighted by molar-refractivity contribution is -0.116. The molecule has 1 aromatic heterocycles. The standard InChI is InChI=1S/C25H23N5O3S/c1-32-20-15-9-8-14-19(20)26-24(31)23-22(17-10-4-2-5-11-17)29-30-21(27-28-25(30)34-23)16-33-18-12-6-3-7-13-18/h2-15,22-23,29H,16H2,1H3,(H,26,31)/t22-,23+/m1/s1. The first-order valence-electron chi connectivity index (χ1n) is 10.8. The van der Waals surface area contributed by atoms with Crippen molar-refractivity contribution in [1.82, 2.24) is 14.9 Å². The summed E-state index contributed by atoms with van der Waals surface area (Å²) >= 11 is 1.36. The number of benzene rings is 3. The highest BCUT2D eigenvalue weighted by Crippen LogP contribution is 2.38. The highest BCUT2D eigenvalue weighted by molar-refractivity contribution is 8.00. The molecule has 0 bridgehead atoms. The lowest BCUT2D eigenvalue weighted by Gasteiger charge is -2.33. The third kappa shape index (κ3) is 4.55. The molecule has 1 amide bonds. The van der Waals surface area contributed by atoms with Crippen LogP contribution in [-0.2, 0) is 11.4 Å². The zero-order chi connectivity index (χ0) is 23.3. The summed E-state index contributed by atoms with van der Waals surface area (Å²) < 4.78 is 13.1. The number of methoxy groups -OCH3 is 1. The minimum absolute atomic E-state index is 0.160. The van der Waals surface area contributed by atoms with Crippen LogP contribution in [0, 0.1) is 0 Å². The summed E-state index contributed by atoms with van der Waals surface area (Å²) in [4.78, 5) is 13.4. The van der Waals surface area contributed by atoms with Gasteiger partial charge in [0.2, 0.25) is 11.1 Å². The van der Waals surface area contributed by atoms with Gasteiger partial charge in [0.15, 0.2) is 5.82 Å². The maximum absolute atomic E-state index is 13.4. The fourth-order valence-electron chi connectivity index (χ4n) is 3.72. The zero-order valence-electron chi connectivity index (χ0n) is 18.4. The van der Waals surface area contributed by atoms with Crippen molar-refractivity contribution in [1.29, 1.82) is 0 Å². The van der Waals surface area contributed by atoms with E-state index in [2.05, 4.69) is 20.9 Å². The average Bonchev–Trinajstić information content (AvgIpc) is 3.30. The van der Waals surface area contributed by atoms with Crippen LogP contribution < -0.4 is 20.2 Å². The Morgan fingerprint density at radius 2 is 1.71 bits per heavy atom.